The van der Waals surface area contributed by atoms with E-state index in [4.69, 9.17) is 16.9 Å². The van der Waals surface area contributed by atoms with Crippen molar-refractivity contribution in [2.45, 2.75) is 19.8 Å². The molecule has 1 aromatic rings. The quantitative estimate of drug-likeness (QED) is 0.732. The lowest BCUT2D eigenvalue weighted by Crippen LogP contribution is -2.41. The zero-order chi connectivity index (χ0) is 13.2. The van der Waals surface area contributed by atoms with E-state index in [1.807, 2.05) is 6.92 Å². The highest BCUT2D eigenvalue weighted by atomic mass is 35.5. The Balaban J connectivity index is 2.04. The lowest BCUT2D eigenvalue weighted by Gasteiger charge is -2.34. The molecule has 5 heteroatoms. The van der Waals surface area contributed by atoms with E-state index in [1.165, 1.54) is 6.20 Å². The van der Waals surface area contributed by atoms with Crippen molar-refractivity contribution < 1.29 is 4.79 Å². The number of likely N-dealkylation sites (tertiary alicyclic amines) is 1. The molecule has 0 atom stereocenters. The van der Waals surface area contributed by atoms with Crippen molar-refractivity contribution in [1.82, 2.24) is 9.88 Å². The summed E-state index contributed by atoms with van der Waals surface area (Å²) in [4.78, 5) is 17.8. The molecule has 0 aliphatic carbocycles. The molecule has 1 aromatic heterocycles. The number of carbonyl (C=O) groups excluding carboxylic acids is 1. The Morgan fingerprint density at radius 3 is 2.67 bits per heavy atom. The Morgan fingerprint density at radius 1 is 1.50 bits per heavy atom. The summed E-state index contributed by atoms with van der Waals surface area (Å²) in [7, 11) is 0. The average Bonchev–Trinajstić information content (AvgIpc) is 2.40. The third-order valence-corrected chi connectivity index (χ3v) is 3.62. The summed E-state index contributed by atoms with van der Waals surface area (Å²) in [6, 6.07) is 5.60. The van der Waals surface area contributed by atoms with Gasteiger partial charge in [-0.3, -0.25) is 4.79 Å². The maximum absolute atomic E-state index is 12.2. The Hall–Kier alpha value is -1.60. The second kappa shape index (κ2) is 4.95. The van der Waals surface area contributed by atoms with E-state index in [9.17, 15) is 4.79 Å². The van der Waals surface area contributed by atoms with Crippen molar-refractivity contribution in [1.29, 1.82) is 5.26 Å². The molecule has 0 radical (unpaired) electrons. The van der Waals surface area contributed by atoms with Gasteiger partial charge in [-0.05, 0) is 31.9 Å². The fraction of sp³-hybridized carbons (Fsp3) is 0.462. The molecule has 94 valence electrons. The first-order valence-electron chi connectivity index (χ1n) is 5.86. The minimum atomic E-state index is -0.297. The fourth-order valence-corrected chi connectivity index (χ4v) is 2.11. The van der Waals surface area contributed by atoms with E-state index < -0.39 is 0 Å². The molecule has 0 unspecified atom stereocenters. The van der Waals surface area contributed by atoms with Gasteiger partial charge in [0, 0.05) is 19.3 Å². The number of nitriles is 1. The van der Waals surface area contributed by atoms with Gasteiger partial charge in [0.1, 0.15) is 5.15 Å². The Labute approximate surface area is 111 Å². The van der Waals surface area contributed by atoms with Crippen LogP contribution in [0.1, 0.15) is 30.1 Å². The Bertz CT molecular complexity index is 484. The van der Waals surface area contributed by atoms with Gasteiger partial charge in [-0.25, -0.2) is 4.98 Å². The summed E-state index contributed by atoms with van der Waals surface area (Å²) >= 11 is 5.69. The van der Waals surface area contributed by atoms with Crippen molar-refractivity contribution in [3.8, 4) is 6.07 Å². The third kappa shape index (κ3) is 2.62. The third-order valence-electron chi connectivity index (χ3n) is 3.40. The van der Waals surface area contributed by atoms with Crippen LogP contribution in [-0.4, -0.2) is 28.9 Å². The largest absolute Gasteiger partial charge is 0.338 e. The molecule has 2 heterocycles. The van der Waals surface area contributed by atoms with Crippen LogP contribution in [0.25, 0.3) is 0 Å². The number of rotatable bonds is 1. The van der Waals surface area contributed by atoms with Crippen molar-refractivity contribution in [2.24, 2.45) is 5.41 Å². The molecule has 0 aromatic carbocycles. The van der Waals surface area contributed by atoms with Crippen LogP contribution >= 0.6 is 11.6 Å². The Morgan fingerprint density at radius 2 is 2.17 bits per heavy atom. The van der Waals surface area contributed by atoms with E-state index >= 15 is 0 Å². The van der Waals surface area contributed by atoms with Crippen LogP contribution in [0, 0.1) is 16.7 Å². The number of hydrogen-bond acceptors (Lipinski definition) is 3. The maximum Gasteiger partial charge on any atom is 0.255 e. The first-order chi connectivity index (χ1) is 8.54. The molecular formula is C13H14ClN3O. The van der Waals surface area contributed by atoms with E-state index in [0.717, 1.165) is 12.8 Å². The van der Waals surface area contributed by atoms with Gasteiger partial charge in [0.25, 0.3) is 5.91 Å². The molecule has 1 fully saturated rings. The van der Waals surface area contributed by atoms with Gasteiger partial charge in [-0.1, -0.05) is 11.6 Å². The highest BCUT2D eigenvalue weighted by molar-refractivity contribution is 6.29. The predicted octanol–water partition coefficient (Wildman–Crippen LogP) is 2.50. The molecule has 0 bridgehead atoms. The van der Waals surface area contributed by atoms with E-state index in [1.54, 1.807) is 17.0 Å². The van der Waals surface area contributed by atoms with Crippen molar-refractivity contribution in [3.63, 3.8) is 0 Å². The molecule has 0 N–H and O–H groups in total. The van der Waals surface area contributed by atoms with Crippen LogP contribution in [0.15, 0.2) is 18.3 Å². The van der Waals surface area contributed by atoms with Gasteiger partial charge in [0.05, 0.1) is 17.0 Å². The molecule has 1 saturated heterocycles. The molecule has 0 saturated carbocycles. The minimum Gasteiger partial charge on any atom is -0.338 e. The summed E-state index contributed by atoms with van der Waals surface area (Å²) in [6.07, 6.45) is 2.93. The molecule has 2 rings (SSSR count). The van der Waals surface area contributed by atoms with Crippen molar-refractivity contribution in [2.75, 3.05) is 13.1 Å². The van der Waals surface area contributed by atoms with Crippen LogP contribution in [0.5, 0.6) is 0 Å². The van der Waals surface area contributed by atoms with Gasteiger partial charge >= 0.3 is 0 Å². The van der Waals surface area contributed by atoms with Gasteiger partial charge in [-0.15, -0.1) is 0 Å². The lowest BCUT2D eigenvalue weighted by molar-refractivity contribution is 0.0661. The Kier molecular flexibility index (Phi) is 3.53. The minimum absolute atomic E-state index is 0.0424. The van der Waals surface area contributed by atoms with Gasteiger partial charge in [-0.2, -0.15) is 5.26 Å². The van der Waals surface area contributed by atoms with Crippen LogP contribution in [0.4, 0.5) is 0 Å². The zero-order valence-corrected chi connectivity index (χ0v) is 10.9. The molecule has 1 amide bonds. The molecule has 1 aliphatic heterocycles. The van der Waals surface area contributed by atoms with Crippen LogP contribution < -0.4 is 0 Å². The second-order valence-electron chi connectivity index (χ2n) is 4.83. The van der Waals surface area contributed by atoms with Crippen molar-refractivity contribution >= 4 is 17.5 Å². The zero-order valence-electron chi connectivity index (χ0n) is 10.2. The summed E-state index contributed by atoms with van der Waals surface area (Å²) in [6.45, 7) is 3.18. The highest BCUT2D eigenvalue weighted by Gasteiger charge is 2.32. The standard InChI is InChI=1S/C13H14ClN3O/c1-13(9-15)4-6-17(7-5-13)12(18)10-2-3-11(14)16-8-10/h2-3,8H,4-7H2,1H3. The molecule has 4 nitrogen and oxygen atoms in total. The van der Waals surface area contributed by atoms with Crippen LogP contribution in [0.3, 0.4) is 0 Å². The number of carbonyl (C=O) groups is 1. The monoisotopic (exact) mass is 263 g/mol. The summed E-state index contributed by atoms with van der Waals surface area (Å²) < 4.78 is 0. The summed E-state index contributed by atoms with van der Waals surface area (Å²) in [5.41, 5.74) is 0.245. The average molecular weight is 264 g/mol. The fourth-order valence-electron chi connectivity index (χ4n) is 2.00. The maximum atomic E-state index is 12.2. The number of hydrogen-bond donors (Lipinski definition) is 0. The van der Waals surface area contributed by atoms with Crippen LogP contribution in [-0.2, 0) is 0 Å². The first kappa shape index (κ1) is 12.8. The van der Waals surface area contributed by atoms with E-state index in [2.05, 4.69) is 11.1 Å². The number of amides is 1. The highest BCUT2D eigenvalue weighted by Crippen LogP contribution is 2.30. The first-order valence-corrected chi connectivity index (χ1v) is 6.24. The number of pyridine rings is 1. The molecule has 0 spiro atoms. The second-order valence-corrected chi connectivity index (χ2v) is 5.22. The molecule has 1 aliphatic rings. The normalized spacial score (nSPS) is 18.2. The summed E-state index contributed by atoms with van der Waals surface area (Å²) in [5.74, 6) is -0.0424. The van der Waals surface area contributed by atoms with E-state index in [-0.39, 0.29) is 11.3 Å². The van der Waals surface area contributed by atoms with Crippen LogP contribution in [0.2, 0.25) is 5.15 Å². The predicted molar refractivity (Wildman–Crippen MR) is 68.1 cm³/mol. The number of nitrogens with zero attached hydrogens (tertiary/aromatic N) is 3. The van der Waals surface area contributed by atoms with Gasteiger partial charge < -0.3 is 4.90 Å². The number of piperidine rings is 1. The lowest BCUT2D eigenvalue weighted by atomic mass is 9.82. The van der Waals surface area contributed by atoms with Crippen molar-refractivity contribution in [3.05, 3.63) is 29.0 Å². The smallest absolute Gasteiger partial charge is 0.255 e. The number of aromatic nitrogens is 1. The van der Waals surface area contributed by atoms with Gasteiger partial charge in [0.2, 0.25) is 0 Å². The van der Waals surface area contributed by atoms with E-state index in [0.29, 0.717) is 23.8 Å². The molecular weight excluding hydrogens is 250 g/mol. The topological polar surface area (TPSA) is 57.0 Å². The van der Waals surface area contributed by atoms with Gasteiger partial charge in [0.15, 0.2) is 0 Å². The number of halogens is 1. The summed E-state index contributed by atoms with van der Waals surface area (Å²) in [5, 5.41) is 9.42. The SMILES string of the molecule is CC1(C#N)CCN(C(=O)c2ccc(Cl)nc2)CC1. The molecule has 18 heavy (non-hydrogen) atoms.